The molecule has 1 aliphatic carbocycles. The fourth-order valence-electron chi connectivity index (χ4n) is 2.78. The summed E-state index contributed by atoms with van der Waals surface area (Å²) >= 11 is 1.82. The van der Waals surface area contributed by atoms with E-state index in [0.29, 0.717) is 5.41 Å². The molecule has 0 aliphatic heterocycles. The monoisotopic (exact) mass is 282 g/mol. The zero-order chi connectivity index (χ0) is 14.1. The summed E-state index contributed by atoms with van der Waals surface area (Å²) in [6.07, 6.45) is 4.59. The van der Waals surface area contributed by atoms with Crippen molar-refractivity contribution >= 4 is 11.3 Å². The number of aryl methyl sites for hydroxylation is 1. The number of hydrogen-bond acceptors (Lipinski definition) is 4. The Kier molecular flexibility index (Phi) is 4.33. The van der Waals surface area contributed by atoms with E-state index in [0.717, 1.165) is 25.1 Å². The highest BCUT2D eigenvalue weighted by molar-refractivity contribution is 7.11. The molecule has 2 rings (SSSR count). The van der Waals surface area contributed by atoms with Crippen LogP contribution in [0.3, 0.4) is 0 Å². The van der Waals surface area contributed by atoms with E-state index in [2.05, 4.69) is 26.1 Å². The first kappa shape index (κ1) is 14.9. The first-order valence-corrected chi connectivity index (χ1v) is 7.91. The van der Waals surface area contributed by atoms with Crippen molar-refractivity contribution in [1.29, 1.82) is 0 Å². The third-order valence-electron chi connectivity index (χ3n) is 4.42. The van der Waals surface area contributed by atoms with Gasteiger partial charge in [0.15, 0.2) is 0 Å². The van der Waals surface area contributed by atoms with Gasteiger partial charge in [-0.2, -0.15) is 0 Å². The van der Waals surface area contributed by atoms with Gasteiger partial charge in [-0.1, -0.05) is 13.8 Å². The topological polar surface area (TPSA) is 34.1 Å². The van der Waals surface area contributed by atoms with E-state index in [4.69, 9.17) is 9.72 Å². The highest BCUT2D eigenvalue weighted by atomic mass is 32.1. The van der Waals surface area contributed by atoms with Crippen molar-refractivity contribution in [2.75, 3.05) is 14.2 Å². The van der Waals surface area contributed by atoms with Gasteiger partial charge in [0, 0.05) is 18.5 Å². The first-order chi connectivity index (χ1) is 8.92. The van der Waals surface area contributed by atoms with Gasteiger partial charge in [0.1, 0.15) is 10.6 Å². The van der Waals surface area contributed by atoms with Crippen LogP contribution in [-0.2, 0) is 16.9 Å². The molecule has 0 saturated heterocycles. The SMILES string of the molecule is CNCc1sc(C2(OC)CCC(C)(C)CC2)nc1C. The summed E-state index contributed by atoms with van der Waals surface area (Å²) in [7, 11) is 3.82. The molecule has 1 aliphatic rings. The minimum atomic E-state index is -0.142. The molecule has 0 radical (unpaired) electrons. The molecule has 0 spiro atoms. The number of methoxy groups -OCH3 is 1. The number of ether oxygens (including phenoxy) is 1. The van der Waals surface area contributed by atoms with E-state index in [1.165, 1.54) is 22.7 Å². The third-order valence-corrected chi connectivity index (χ3v) is 5.76. The Morgan fingerprint density at radius 1 is 1.26 bits per heavy atom. The molecule has 0 amide bonds. The molecule has 0 aromatic carbocycles. The summed E-state index contributed by atoms with van der Waals surface area (Å²) in [6, 6.07) is 0. The normalized spacial score (nSPS) is 21.5. The Bertz CT molecular complexity index is 429. The summed E-state index contributed by atoms with van der Waals surface area (Å²) < 4.78 is 5.93. The predicted molar refractivity (Wildman–Crippen MR) is 80.6 cm³/mol. The fraction of sp³-hybridized carbons (Fsp3) is 0.800. The Morgan fingerprint density at radius 3 is 2.42 bits per heavy atom. The summed E-state index contributed by atoms with van der Waals surface area (Å²) in [5.74, 6) is 0. The minimum absolute atomic E-state index is 0.142. The number of thiazole rings is 1. The number of rotatable bonds is 4. The maximum atomic E-state index is 5.93. The first-order valence-electron chi connectivity index (χ1n) is 7.09. The van der Waals surface area contributed by atoms with Crippen LogP contribution in [0.4, 0.5) is 0 Å². The van der Waals surface area contributed by atoms with E-state index in [-0.39, 0.29) is 5.60 Å². The molecule has 1 saturated carbocycles. The average Bonchev–Trinajstić information content (AvgIpc) is 2.73. The smallest absolute Gasteiger partial charge is 0.125 e. The van der Waals surface area contributed by atoms with Crippen LogP contribution in [0.2, 0.25) is 0 Å². The molecule has 0 unspecified atom stereocenters. The number of aromatic nitrogens is 1. The lowest BCUT2D eigenvalue weighted by molar-refractivity contribution is -0.0668. The molecule has 1 fully saturated rings. The van der Waals surface area contributed by atoms with Crippen molar-refractivity contribution in [2.24, 2.45) is 5.41 Å². The van der Waals surface area contributed by atoms with Crippen LogP contribution in [0.25, 0.3) is 0 Å². The van der Waals surface area contributed by atoms with Gasteiger partial charge in [-0.3, -0.25) is 0 Å². The van der Waals surface area contributed by atoms with Gasteiger partial charge in [0.05, 0.1) is 5.69 Å². The lowest BCUT2D eigenvalue weighted by Crippen LogP contribution is -2.36. The summed E-state index contributed by atoms with van der Waals surface area (Å²) in [4.78, 5) is 6.13. The number of hydrogen-bond donors (Lipinski definition) is 1. The Labute approximate surface area is 120 Å². The second-order valence-electron chi connectivity index (χ2n) is 6.42. The predicted octanol–water partition coefficient (Wildman–Crippen LogP) is 3.61. The van der Waals surface area contributed by atoms with Crippen LogP contribution in [0, 0.1) is 12.3 Å². The van der Waals surface area contributed by atoms with Crippen molar-refractivity contribution in [3.05, 3.63) is 15.6 Å². The molecular weight excluding hydrogens is 256 g/mol. The molecule has 108 valence electrons. The van der Waals surface area contributed by atoms with E-state index in [1.807, 2.05) is 25.5 Å². The average molecular weight is 282 g/mol. The van der Waals surface area contributed by atoms with Crippen molar-refractivity contribution in [2.45, 2.75) is 58.6 Å². The number of nitrogens with one attached hydrogen (secondary N) is 1. The van der Waals surface area contributed by atoms with Gasteiger partial charge in [-0.15, -0.1) is 11.3 Å². The fourth-order valence-corrected chi connectivity index (χ4v) is 4.08. The van der Waals surface area contributed by atoms with Gasteiger partial charge in [0.25, 0.3) is 0 Å². The molecule has 0 bridgehead atoms. The third kappa shape index (κ3) is 3.01. The standard InChI is InChI=1S/C15H26N2OS/c1-11-12(10-16-4)19-13(17-11)15(18-5)8-6-14(2,3)7-9-15/h16H,6-10H2,1-5H3. The zero-order valence-corrected chi connectivity index (χ0v) is 13.6. The Morgan fingerprint density at radius 2 is 1.89 bits per heavy atom. The van der Waals surface area contributed by atoms with Crippen LogP contribution in [-0.4, -0.2) is 19.1 Å². The van der Waals surface area contributed by atoms with E-state index < -0.39 is 0 Å². The quantitative estimate of drug-likeness (QED) is 0.916. The summed E-state index contributed by atoms with van der Waals surface area (Å²) in [5.41, 5.74) is 1.45. The Hall–Kier alpha value is -0.450. The lowest BCUT2D eigenvalue weighted by atomic mass is 9.71. The van der Waals surface area contributed by atoms with E-state index >= 15 is 0 Å². The van der Waals surface area contributed by atoms with Crippen LogP contribution in [0.5, 0.6) is 0 Å². The molecule has 0 atom stereocenters. The van der Waals surface area contributed by atoms with Gasteiger partial charge in [-0.25, -0.2) is 4.98 Å². The summed E-state index contributed by atoms with van der Waals surface area (Å²) in [5, 5.41) is 4.39. The van der Waals surface area contributed by atoms with E-state index in [1.54, 1.807) is 0 Å². The molecule has 1 aromatic rings. The van der Waals surface area contributed by atoms with Gasteiger partial charge in [-0.05, 0) is 45.1 Å². The maximum Gasteiger partial charge on any atom is 0.125 e. The highest BCUT2D eigenvalue weighted by Crippen LogP contribution is 2.48. The van der Waals surface area contributed by atoms with Crippen molar-refractivity contribution in [3.8, 4) is 0 Å². The van der Waals surface area contributed by atoms with Gasteiger partial charge >= 0.3 is 0 Å². The molecule has 3 nitrogen and oxygen atoms in total. The second-order valence-corrected chi connectivity index (χ2v) is 7.50. The van der Waals surface area contributed by atoms with Crippen molar-refractivity contribution in [3.63, 3.8) is 0 Å². The molecule has 4 heteroatoms. The zero-order valence-electron chi connectivity index (χ0n) is 12.8. The molecule has 1 N–H and O–H groups in total. The van der Waals surface area contributed by atoms with E-state index in [9.17, 15) is 0 Å². The molecular formula is C15H26N2OS. The van der Waals surface area contributed by atoms with Gasteiger partial charge in [0.2, 0.25) is 0 Å². The second kappa shape index (κ2) is 5.51. The van der Waals surface area contributed by atoms with Crippen molar-refractivity contribution < 1.29 is 4.74 Å². The Balaban J connectivity index is 2.24. The number of nitrogens with zero attached hydrogens (tertiary/aromatic N) is 1. The summed E-state index contributed by atoms with van der Waals surface area (Å²) in [6.45, 7) is 7.70. The van der Waals surface area contributed by atoms with Crippen LogP contribution in [0.15, 0.2) is 0 Å². The highest BCUT2D eigenvalue weighted by Gasteiger charge is 2.42. The van der Waals surface area contributed by atoms with Crippen LogP contribution < -0.4 is 5.32 Å². The minimum Gasteiger partial charge on any atom is -0.371 e. The van der Waals surface area contributed by atoms with Crippen molar-refractivity contribution in [1.82, 2.24) is 10.3 Å². The maximum absolute atomic E-state index is 5.93. The largest absolute Gasteiger partial charge is 0.371 e. The van der Waals surface area contributed by atoms with Crippen LogP contribution >= 0.6 is 11.3 Å². The van der Waals surface area contributed by atoms with Gasteiger partial charge < -0.3 is 10.1 Å². The van der Waals surface area contributed by atoms with Crippen LogP contribution in [0.1, 0.15) is 55.1 Å². The molecule has 19 heavy (non-hydrogen) atoms. The molecule has 1 heterocycles. The lowest BCUT2D eigenvalue weighted by Gasteiger charge is -2.41. The molecule has 1 aromatic heterocycles.